The standard InChI is InChI=1S/C15H14BrNO2S/c1-9(11-4-3-5-12(16)8-11)17-15(19)14-7-6-13(20-14)10(2)18/h3-9H,1-2H3,(H,17,19)/t9-/m1/s1. The van der Waals surface area contributed by atoms with E-state index in [-0.39, 0.29) is 17.7 Å². The Bertz CT molecular complexity index is 651. The molecule has 3 nitrogen and oxygen atoms in total. The second kappa shape index (κ2) is 6.33. The molecule has 0 aliphatic rings. The molecule has 0 unspecified atom stereocenters. The summed E-state index contributed by atoms with van der Waals surface area (Å²) in [7, 11) is 0. The molecule has 1 atom stereocenters. The molecule has 0 radical (unpaired) electrons. The number of nitrogens with one attached hydrogen (secondary N) is 1. The molecule has 1 N–H and O–H groups in total. The zero-order valence-corrected chi connectivity index (χ0v) is 13.5. The lowest BCUT2D eigenvalue weighted by Gasteiger charge is -2.13. The number of amides is 1. The molecule has 2 rings (SSSR count). The highest BCUT2D eigenvalue weighted by Gasteiger charge is 2.14. The lowest BCUT2D eigenvalue weighted by atomic mass is 10.1. The van der Waals surface area contributed by atoms with Crippen LogP contribution in [0.5, 0.6) is 0 Å². The van der Waals surface area contributed by atoms with Crippen LogP contribution in [0.3, 0.4) is 0 Å². The average Bonchev–Trinajstić information content (AvgIpc) is 2.88. The number of ketones is 1. The number of thiophene rings is 1. The van der Waals surface area contributed by atoms with Crippen LogP contribution in [0.2, 0.25) is 0 Å². The number of Topliss-reactive ketones (excluding diaryl/α,β-unsaturated/α-hetero) is 1. The molecular weight excluding hydrogens is 338 g/mol. The molecule has 0 aliphatic carbocycles. The van der Waals surface area contributed by atoms with E-state index in [1.165, 1.54) is 18.3 Å². The predicted molar refractivity (Wildman–Crippen MR) is 84.3 cm³/mol. The van der Waals surface area contributed by atoms with Gasteiger partial charge in [0.2, 0.25) is 0 Å². The van der Waals surface area contributed by atoms with Crippen molar-refractivity contribution in [2.75, 3.05) is 0 Å². The van der Waals surface area contributed by atoms with Gasteiger partial charge in [-0.2, -0.15) is 0 Å². The highest BCUT2D eigenvalue weighted by molar-refractivity contribution is 9.10. The number of benzene rings is 1. The Labute approximate surface area is 130 Å². The molecule has 20 heavy (non-hydrogen) atoms. The molecular formula is C15H14BrNO2S. The first-order valence-corrected chi connectivity index (χ1v) is 7.75. The molecule has 5 heteroatoms. The third-order valence-corrected chi connectivity index (χ3v) is 4.55. The predicted octanol–water partition coefficient (Wildman–Crippen LogP) is 4.20. The topological polar surface area (TPSA) is 46.2 Å². The van der Waals surface area contributed by atoms with Gasteiger partial charge in [0, 0.05) is 4.47 Å². The smallest absolute Gasteiger partial charge is 0.261 e. The fraction of sp³-hybridized carbons (Fsp3) is 0.200. The fourth-order valence-corrected chi connectivity index (χ4v) is 3.00. The Morgan fingerprint density at radius 2 is 1.90 bits per heavy atom. The average molecular weight is 352 g/mol. The first-order valence-electron chi connectivity index (χ1n) is 6.14. The Morgan fingerprint density at radius 3 is 2.50 bits per heavy atom. The minimum Gasteiger partial charge on any atom is -0.345 e. The number of hydrogen-bond acceptors (Lipinski definition) is 3. The Balaban J connectivity index is 2.08. The second-order valence-corrected chi connectivity index (χ2v) is 6.47. The van der Waals surface area contributed by atoms with Gasteiger partial charge in [-0.1, -0.05) is 28.1 Å². The normalized spacial score (nSPS) is 11.9. The third kappa shape index (κ3) is 3.55. The van der Waals surface area contributed by atoms with E-state index in [1.807, 2.05) is 31.2 Å². The van der Waals surface area contributed by atoms with Gasteiger partial charge in [0.05, 0.1) is 15.8 Å². The van der Waals surface area contributed by atoms with E-state index in [2.05, 4.69) is 21.2 Å². The second-order valence-electron chi connectivity index (χ2n) is 4.47. The Kier molecular flexibility index (Phi) is 4.73. The summed E-state index contributed by atoms with van der Waals surface area (Å²) >= 11 is 4.63. The molecule has 1 aromatic heterocycles. The summed E-state index contributed by atoms with van der Waals surface area (Å²) in [5.41, 5.74) is 1.02. The van der Waals surface area contributed by atoms with Crippen LogP contribution in [0.4, 0.5) is 0 Å². The van der Waals surface area contributed by atoms with Gasteiger partial charge in [-0.3, -0.25) is 9.59 Å². The highest BCUT2D eigenvalue weighted by atomic mass is 79.9. The first-order chi connectivity index (χ1) is 9.47. The van der Waals surface area contributed by atoms with E-state index >= 15 is 0 Å². The van der Waals surface area contributed by atoms with Crippen LogP contribution in [0, 0.1) is 0 Å². The molecule has 1 aromatic carbocycles. The zero-order valence-electron chi connectivity index (χ0n) is 11.1. The number of carbonyl (C=O) groups excluding carboxylic acids is 2. The maximum Gasteiger partial charge on any atom is 0.261 e. The van der Waals surface area contributed by atoms with Crippen LogP contribution >= 0.6 is 27.3 Å². The van der Waals surface area contributed by atoms with Crippen LogP contribution in [0.15, 0.2) is 40.9 Å². The van der Waals surface area contributed by atoms with Crippen LogP contribution in [-0.4, -0.2) is 11.7 Å². The molecule has 2 aromatic rings. The minimum absolute atomic E-state index is 0.0194. The SMILES string of the molecule is CC(=O)c1ccc(C(=O)N[C@H](C)c2cccc(Br)c2)s1. The van der Waals surface area contributed by atoms with Gasteiger partial charge in [0.25, 0.3) is 5.91 Å². The molecule has 0 saturated carbocycles. The molecule has 0 spiro atoms. The molecule has 0 bridgehead atoms. The Hall–Kier alpha value is -1.46. The number of rotatable bonds is 4. The van der Waals surface area contributed by atoms with Crippen molar-refractivity contribution in [1.29, 1.82) is 0 Å². The van der Waals surface area contributed by atoms with Crippen LogP contribution in [-0.2, 0) is 0 Å². The van der Waals surface area contributed by atoms with Crippen molar-refractivity contribution in [1.82, 2.24) is 5.32 Å². The highest BCUT2D eigenvalue weighted by Crippen LogP contribution is 2.20. The van der Waals surface area contributed by atoms with Gasteiger partial charge in [0.1, 0.15) is 0 Å². The summed E-state index contributed by atoms with van der Waals surface area (Å²) in [4.78, 5) is 24.5. The summed E-state index contributed by atoms with van der Waals surface area (Å²) in [6.07, 6.45) is 0. The molecule has 1 amide bonds. The van der Waals surface area contributed by atoms with Crippen molar-refractivity contribution in [2.45, 2.75) is 19.9 Å². The lowest BCUT2D eigenvalue weighted by Crippen LogP contribution is -2.25. The van der Waals surface area contributed by atoms with E-state index < -0.39 is 0 Å². The van der Waals surface area contributed by atoms with Gasteiger partial charge < -0.3 is 5.32 Å². The molecule has 104 valence electrons. The van der Waals surface area contributed by atoms with Crippen LogP contribution in [0.1, 0.15) is 44.8 Å². The summed E-state index contributed by atoms with van der Waals surface area (Å²) in [5, 5.41) is 2.93. The maximum absolute atomic E-state index is 12.1. The largest absolute Gasteiger partial charge is 0.345 e. The van der Waals surface area contributed by atoms with Gasteiger partial charge in [-0.15, -0.1) is 11.3 Å². The van der Waals surface area contributed by atoms with Crippen LogP contribution in [0.25, 0.3) is 0 Å². The molecule has 0 fully saturated rings. The van der Waals surface area contributed by atoms with Gasteiger partial charge >= 0.3 is 0 Å². The van der Waals surface area contributed by atoms with E-state index in [9.17, 15) is 9.59 Å². The first kappa shape index (κ1) is 14.9. The summed E-state index contributed by atoms with van der Waals surface area (Å²) in [6, 6.07) is 11.1. The summed E-state index contributed by atoms with van der Waals surface area (Å²) < 4.78 is 0.978. The molecule has 0 aliphatic heterocycles. The Morgan fingerprint density at radius 1 is 1.20 bits per heavy atom. The minimum atomic E-state index is -0.157. The van der Waals surface area contributed by atoms with Crippen molar-refractivity contribution in [3.8, 4) is 0 Å². The molecule has 0 saturated heterocycles. The lowest BCUT2D eigenvalue weighted by molar-refractivity contribution is 0.0943. The maximum atomic E-state index is 12.1. The van der Waals surface area contributed by atoms with Gasteiger partial charge in [0.15, 0.2) is 5.78 Å². The summed E-state index contributed by atoms with van der Waals surface area (Å²) in [5.74, 6) is -0.177. The quantitative estimate of drug-likeness (QED) is 0.838. The zero-order chi connectivity index (χ0) is 14.7. The van der Waals surface area contributed by atoms with Crippen LogP contribution < -0.4 is 5.32 Å². The summed E-state index contributed by atoms with van der Waals surface area (Å²) in [6.45, 7) is 3.43. The van der Waals surface area contributed by atoms with Crippen molar-refractivity contribution in [3.05, 3.63) is 56.2 Å². The fourth-order valence-electron chi connectivity index (χ4n) is 1.78. The van der Waals surface area contributed by atoms with E-state index in [1.54, 1.807) is 12.1 Å². The van der Waals surface area contributed by atoms with Gasteiger partial charge in [-0.25, -0.2) is 0 Å². The number of halogens is 1. The van der Waals surface area contributed by atoms with Crippen molar-refractivity contribution in [2.24, 2.45) is 0 Å². The van der Waals surface area contributed by atoms with Crippen molar-refractivity contribution in [3.63, 3.8) is 0 Å². The number of carbonyl (C=O) groups is 2. The number of hydrogen-bond donors (Lipinski definition) is 1. The van der Waals surface area contributed by atoms with Crippen molar-refractivity contribution >= 4 is 39.0 Å². The van der Waals surface area contributed by atoms with Gasteiger partial charge in [-0.05, 0) is 43.7 Å². The van der Waals surface area contributed by atoms with E-state index in [4.69, 9.17) is 0 Å². The monoisotopic (exact) mass is 351 g/mol. The van der Waals surface area contributed by atoms with E-state index in [0.717, 1.165) is 10.0 Å². The van der Waals surface area contributed by atoms with E-state index in [0.29, 0.717) is 9.75 Å². The third-order valence-electron chi connectivity index (χ3n) is 2.87. The van der Waals surface area contributed by atoms with Crippen molar-refractivity contribution < 1.29 is 9.59 Å². The molecule has 1 heterocycles.